The first-order valence-electron chi connectivity index (χ1n) is 5.71. The van der Waals surface area contributed by atoms with Crippen LogP contribution in [-0.2, 0) is 6.42 Å². The number of carbonyl (C=O) groups excluding carboxylic acids is 1. The summed E-state index contributed by atoms with van der Waals surface area (Å²) in [6.07, 6.45) is 0.964. The van der Waals surface area contributed by atoms with Gasteiger partial charge < -0.3 is 0 Å². The van der Waals surface area contributed by atoms with E-state index in [1.165, 1.54) is 5.56 Å². The molecule has 0 radical (unpaired) electrons. The Balaban J connectivity index is 2.38. The van der Waals surface area contributed by atoms with Crippen LogP contribution in [0.3, 0.4) is 0 Å². The molecule has 2 rings (SSSR count). The highest BCUT2D eigenvalue weighted by Crippen LogP contribution is 2.27. The van der Waals surface area contributed by atoms with Crippen LogP contribution in [0.5, 0.6) is 0 Å². The summed E-state index contributed by atoms with van der Waals surface area (Å²) < 4.78 is 0.736. The second kappa shape index (κ2) is 5.68. The molecule has 2 aromatic carbocycles. The van der Waals surface area contributed by atoms with Crippen LogP contribution in [0.1, 0.15) is 28.4 Å². The Labute approximate surface area is 120 Å². The second-order valence-corrected chi connectivity index (χ2v) is 5.21. The third kappa shape index (κ3) is 2.65. The largest absolute Gasteiger partial charge is 0.289 e. The second-order valence-electron chi connectivity index (χ2n) is 3.98. The smallest absolute Gasteiger partial charge is 0.194 e. The lowest BCUT2D eigenvalue weighted by molar-refractivity contribution is 0.103. The van der Waals surface area contributed by atoms with Crippen LogP contribution in [0.15, 0.2) is 46.9 Å². The molecule has 0 saturated carbocycles. The Morgan fingerprint density at radius 3 is 2.44 bits per heavy atom. The Morgan fingerprint density at radius 2 is 1.83 bits per heavy atom. The molecule has 0 aliphatic rings. The molecule has 0 saturated heterocycles. The summed E-state index contributed by atoms with van der Waals surface area (Å²) in [6, 6.07) is 13.0. The predicted octanol–water partition coefficient (Wildman–Crippen LogP) is 4.90. The Kier molecular flexibility index (Phi) is 4.20. The van der Waals surface area contributed by atoms with Crippen molar-refractivity contribution in [1.82, 2.24) is 0 Å². The van der Waals surface area contributed by atoms with E-state index < -0.39 is 0 Å². The van der Waals surface area contributed by atoms with Crippen molar-refractivity contribution >= 4 is 33.3 Å². The van der Waals surface area contributed by atoms with Gasteiger partial charge in [-0.25, -0.2) is 0 Å². The van der Waals surface area contributed by atoms with Crippen molar-refractivity contribution in [3.8, 4) is 0 Å². The summed E-state index contributed by atoms with van der Waals surface area (Å²) in [7, 11) is 0. The number of hydrogen-bond acceptors (Lipinski definition) is 1. The summed E-state index contributed by atoms with van der Waals surface area (Å²) in [5.41, 5.74) is 2.40. The molecule has 0 unspecified atom stereocenters. The van der Waals surface area contributed by atoms with Crippen molar-refractivity contribution in [3.05, 3.63) is 68.7 Å². The minimum Gasteiger partial charge on any atom is -0.289 e. The molecule has 92 valence electrons. The van der Waals surface area contributed by atoms with E-state index in [9.17, 15) is 4.79 Å². The fourth-order valence-corrected chi connectivity index (χ4v) is 2.30. The molecule has 0 aliphatic carbocycles. The first-order valence-corrected chi connectivity index (χ1v) is 6.88. The summed E-state index contributed by atoms with van der Waals surface area (Å²) in [5, 5.41) is 0.460. The lowest BCUT2D eigenvalue weighted by Gasteiger charge is -2.06. The standard InChI is InChI=1S/C15H12BrClO/c1-2-10-6-8-11(9-7-10)15(18)12-4-3-5-13(16)14(12)17/h3-9H,2H2,1H3. The minimum atomic E-state index is -0.0519. The SMILES string of the molecule is CCc1ccc(C(=O)c2cccc(Br)c2Cl)cc1. The van der Waals surface area contributed by atoms with Gasteiger partial charge in [-0.2, -0.15) is 0 Å². The molecule has 18 heavy (non-hydrogen) atoms. The molecular formula is C15H12BrClO. The average molecular weight is 324 g/mol. The van der Waals surface area contributed by atoms with Gasteiger partial charge in [-0.15, -0.1) is 0 Å². The van der Waals surface area contributed by atoms with E-state index in [1.807, 2.05) is 36.4 Å². The van der Waals surface area contributed by atoms with E-state index >= 15 is 0 Å². The Morgan fingerprint density at radius 1 is 1.17 bits per heavy atom. The Hall–Kier alpha value is -1.12. The number of rotatable bonds is 3. The van der Waals surface area contributed by atoms with Crippen molar-refractivity contribution in [3.63, 3.8) is 0 Å². The summed E-state index contributed by atoms with van der Waals surface area (Å²) in [5.74, 6) is -0.0519. The highest BCUT2D eigenvalue weighted by molar-refractivity contribution is 9.10. The topological polar surface area (TPSA) is 17.1 Å². The lowest BCUT2D eigenvalue weighted by atomic mass is 10.0. The highest BCUT2D eigenvalue weighted by Gasteiger charge is 2.14. The van der Waals surface area contributed by atoms with Crippen LogP contribution in [-0.4, -0.2) is 5.78 Å². The van der Waals surface area contributed by atoms with Crippen LogP contribution in [0.25, 0.3) is 0 Å². The van der Waals surface area contributed by atoms with Gasteiger partial charge in [0, 0.05) is 15.6 Å². The van der Waals surface area contributed by atoms with E-state index in [0.717, 1.165) is 10.9 Å². The average Bonchev–Trinajstić information content (AvgIpc) is 2.41. The van der Waals surface area contributed by atoms with Crippen LogP contribution < -0.4 is 0 Å². The fraction of sp³-hybridized carbons (Fsp3) is 0.133. The molecule has 0 atom stereocenters. The van der Waals surface area contributed by atoms with Gasteiger partial charge in [-0.3, -0.25) is 4.79 Å². The maximum atomic E-state index is 12.3. The van der Waals surface area contributed by atoms with Crippen molar-refractivity contribution in [2.24, 2.45) is 0 Å². The highest BCUT2D eigenvalue weighted by atomic mass is 79.9. The lowest BCUT2D eigenvalue weighted by Crippen LogP contribution is -2.02. The number of aryl methyl sites for hydroxylation is 1. The van der Waals surface area contributed by atoms with Gasteiger partial charge in [0.05, 0.1) is 5.02 Å². The van der Waals surface area contributed by atoms with Crippen LogP contribution in [0.2, 0.25) is 5.02 Å². The van der Waals surface area contributed by atoms with Gasteiger partial charge in [0.25, 0.3) is 0 Å². The molecule has 0 N–H and O–H groups in total. The van der Waals surface area contributed by atoms with Crippen molar-refractivity contribution < 1.29 is 4.79 Å². The third-order valence-electron chi connectivity index (χ3n) is 2.82. The van der Waals surface area contributed by atoms with E-state index in [-0.39, 0.29) is 5.78 Å². The van der Waals surface area contributed by atoms with Crippen molar-refractivity contribution in [2.75, 3.05) is 0 Å². The van der Waals surface area contributed by atoms with Gasteiger partial charge in [-0.05, 0) is 40.0 Å². The predicted molar refractivity (Wildman–Crippen MR) is 78.4 cm³/mol. The zero-order chi connectivity index (χ0) is 13.1. The van der Waals surface area contributed by atoms with Gasteiger partial charge >= 0.3 is 0 Å². The molecule has 2 aromatic rings. The maximum Gasteiger partial charge on any atom is 0.194 e. The summed E-state index contributed by atoms with van der Waals surface area (Å²) in [6.45, 7) is 2.09. The van der Waals surface area contributed by atoms with E-state index in [4.69, 9.17) is 11.6 Å². The minimum absolute atomic E-state index is 0.0519. The molecular weight excluding hydrogens is 312 g/mol. The number of hydrogen-bond donors (Lipinski definition) is 0. The van der Waals surface area contributed by atoms with Crippen LogP contribution >= 0.6 is 27.5 Å². The summed E-state index contributed by atoms with van der Waals surface area (Å²) in [4.78, 5) is 12.3. The molecule has 1 nitrogen and oxygen atoms in total. The van der Waals surface area contributed by atoms with Gasteiger partial charge in [0.1, 0.15) is 0 Å². The molecule has 0 amide bonds. The molecule has 3 heteroatoms. The van der Waals surface area contributed by atoms with Gasteiger partial charge in [0.2, 0.25) is 0 Å². The zero-order valence-corrected chi connectivity index (χ0v) is 12.3. The van der Waals surface area contributed by atoms with E-state index in [1.54, 1.807) is 6.07 Å². The third-order valence-corrected chi connectivity index (χ3v) is 4.12. The maximum absolute atomic E-state index is 12.3. The molecule has 0 bridgehead atoms. The Bertz CT molecular complexity index is 576. The van der Waals surface area contributed by atoms with Gasteiger partial charge in [0.15, 0.2) is 5.78 Å². The number of benzene rings is 2. The number of halogens is 2. The molecule has 0 heterocycles. The van der Waals surface area contributed by atoms with Crippen molar-refractivity contribution in [1.29, 1.82) is 0 Å². The number of ketones is 1. The molecule has 0 aliphatic heterocycles. The van der Waals surface area contributed by atoms with Crippen molar-refractivity contribution in [2.45, 2.75) is 13.3 Å². The zero-order valence-electron chi connectivity index (χ0n) is 9.91. The first kappa shape index (κ1) is 13.3. The van der Waals surface area contributed by atoms with E-state index in [2.05, 4.69) is 22.9 Å². The molecule has 0 fully saturated rings. The summed E-state index contributed by atoms with van der Waals surface area (Å²) >= 11 is 9.45. The first-order chi connectivity index (χ1) is 8.63. The van der Waals surface area contributed by atoms with E-state index in [0.29, 0.717) is 16.1 Å². The fourth-order valence-electron chi connectivity index (χ4n) is 1.73. The quantitative estimate of drug-likeness (QED) is 0.735. The van der Waals surface area contributed by atoms with Crippen LogP contribution in [0, 0.1) is 0 Å². The molecule has 0 aromatic heterocycles. The normalized spacial score (nSPS) is 10.4. The van der Waals surface area contributed by atoms with Gasteiger partial charge in [-0.1, -0.05) is 48.9 Å². The van der Waals surface area contributed by atoms with Crippen LogP contribution in [0.4, 0.5) is 0 Å². The number of carbonyl (C=O) groups is 1. The molecule has 0 spiro atoms. The monoisotopic (exact) mass is 322 g/mol.